The maximum absolute atomic E-state index is 13.2. The maximum Gasteiger partial charge on any atom is 0.308 e. The van der Waals surface area contributed by atoms with E-state index in [-0.39, 0.29) is 45.8 Å². The Morgan fingerprint density at radius 3 is 1.55 bits per heavy atom. The Morgan fingerprint density at radius 1 is 0.758 bits per heavy atom. The van der Waals surface area contributed by atoms with Gasteiger partial charge in [0.25, 0.3) is 0 Å². The number of carbonyl (C=O) groups is 3. The predicted molar refractivity (Wildman–Crippen MR) is 116 cm³/mol. The number of esters is 1. The zero-order chi connectivity index (χ0) is 24.7. The topological polar surface area (TPSA) is 127 Å². The third kappa shape index (κ3) is 5.72. The van der Waals surface area contributed by atoms with Gasteiger partial charge in [-0.25, -0.2) is 0 Å². The third-order valence-electron chi connectivity index (χ3n) is 4.58. The Kier molecular flexibility index (Phi) is 8.63. The quantitative estimate of drug-likeness (QED) is 0.302. The van der Waals surface area contributed by atoms with Crippen molar-refractivity contribution in [1.82, 2.24) is 0 Å². The van der Waals surface area contributed by atoms with Crippen molar-refractivity contribution in [2.75, 3.05) is 35.0 Å². The molecule has 0 saturated carbocycles. The number of ketones is 2. The van der Waals surface area contributed by atoms with Crippen LogP contribution in [0.4, 0.5) is 0 Å². The van der Waals surface area contributed by atoms with Crippen molar-refractivity contribution in [3.05, 3.63) is 35.4 Å². The van der Waals surface area contributed by atoms with Crippen LogP contribution in [0.1, 0.15) is 34.6 Å². The number of carbonyl (C=O) groups excluding carboxylic acids is 3. The lowest BCUT2D eigenvalue weighted by Gasteiger charge is -2.21. The minimum atomic E-state index is -1.37. The molecule has 0 aromatic heterocycles. The molecule has 33 heavy (non-hydrogen) atoms. The molecule has 2 aromatic carbocycles. The molecule has 0 bridgehead atoms. The summed E-state index contributed by atoms with van der Waals surface area (Å²) in [6, 6.07) is 5.56. The normalized spacial score (nSPS) is 11.2. The summed E-state index contributed by atoms with van der Waals surface area (Å²) in [5.41, 5.74) is 0.385. The van der Waals surface area contributed by atoms with E-state index in [0.29, 0.717) is 5.56 Å². The van der Waals surface area contributed by atoms with Crippen LogP contribution in [0.3, 0.4) is 0 Å². The van der Waals surface area contributed by atoms with Crippen LogP contribution in [0.2, 0.25) is 0 Å². The first-order valence-electron chi connectivity index (χ1n) is 9.73. The molecule has 0 aliphatic heterocycles. The van der Waals surface area contributed by atoms with Gasteiger partial charge in [-0.3, -0.25) is 14.4 Å². The number of hydrogen-bond acceptors (Lipinski definition) is 10. The molecule has 1 N–H and O–H groups in total. The van der Waals surface area contributed by atoms with E-state index in [1.165, 1.54) is 66.6 Å². The van der Waals surface area contributed by atoms with E-state index in [1.54, 1.807) is 0 Å². The summed E-state index contributed by atoms with van der Waals surface area (Å²) in [5.74, 6) is -0.964. The SMILES string of the molecule is COc1cc(C(=O)C(CO)Oc2c(OC)cc(C(C)=O)cc2OC)cc(OC)c1OC(C)=O. The van der Waals surface area contributed by atoms with Gasteiger partial charge in [-0.15, -0.1) is 0 Å². The summed E-state index contributed by atoms with van der Waals surface area (Å²) < 4.78 is 32.0. The number of benzene rings is 2. The summed E-state index contributed by atoms with van der Waals surface area (Å²) in [6.07, 6.45) is -1.37. The van der Waals surface area contributed by atoms with Crippen LogP contribution < -0.4 is 28.4 Å². The van der Waals surface area contributed by atoms with Crippen molar-refractivity contribution in [1.29, 1.82) is 0 Å². The molecule has 1 unspecified atom stereocenters. The molecule has 2 rings (SSSR count). The molecule has 2 aromatic rings. The predicted octanol–water partition coefficient (Wildman–Crippen LogP) is 2.47. The molecule has 1 atom stereocenters. The number of rotatable bonds is 11. The van der Waals surface area contributed by atoms with Gasteiger partial charge in [-0.1, -0.05) is 0 Å². The number of methoxy groups -OCH3 is 4. The van der Waals surface area contributed by atoms with Crippen molar-refractivity contribution < 1.29 is 47.9 Å². The monoisotopic (exact) mass is 462 g/mol. The van der Waals surface area contributed by atoms with Gasteiger partial charge in [0.1, 0.15) is 0 Å². The van der Waals surface area contributed by atoms with Crippen LogP contribution in [-0.4, -0.2) is 63.8 Å². The zero-order valence-corrected chi connectivity index (χ0v) is 19.2. The fraction of sp³-hybridized carbons (Fsp3) is 0.348. The van der Waals surface area contributed by atoms with Gasteiger partial charge in [-0.2, -0.15) is 0 Å². The summed E-state index contributed by atoms with van der Waals surface area (Å²) in [4.78, 5) is 36.4. The van der Waals surface area contributed by atoms with E-state index >= 15 is 0 Å². The first-order chi connectivity index (χ1) is 15.7. The smallest absolute Gasteiger partial charge is 0.308 e. The summed E-state index contributed by atoms with van der Waals surface area (Å²) in [7, 11) is 5.40. The largest absolute Gasteiger partial charge is 0.493 e. The van der Waals surface area contributed by atoms with Crippen LogP contribution in [0.25, 0.3) is 0 Å². The summed E-state index contributed by atoms with van der Waals surface area (Å²) >= 11 is 0. The number of ether oxygens (including phenoxy) is 6. The highest BCUT2D eigenvalue weighted by Crippen LogP contribution is 2.41. The lowest BCUT2D eigenvalue weighted by molar-refractivity contribution is -0.132. The molecule has 0 radical (unpaired) electrons. The Hall–Kier alpha value is -3.79. The molecular weight excluding hydrogens is 436 g/mol. The number of hydrogen-bond donors (Lipinski definition) is 1. The van der Waals surface area contributed by atoms with Gasteiger partial charge in [0.15, 0.2) is 34.9 Å². The van der Waals surface area contributed by atoms with Gasteiger partial charge in [-0.05, 0) is 31.2 Å². The highest BCUT2D eigenvalue weighted by atomic mass is 16.6. The van der Waals surface area contributed by atoms with E-state index < -0.39 is 24.5 Å². The number of aliphatic hydroxyl groups excluding tert-OH is 1. The van der Waals surface area contributed by atoms with Crippen LogP contribution in [0, 0.1) is 0 Å². The van der Waals surface area contributed by atoms with E-state index in [4.69, 9.17) is 28.4 Å². The second-order valence-corrected chi connectivity index (χ2v) is 6.72. The van der Waals surface area contributed by atoms with Crippen molar-refractivity contribution in [3.63, 3.8) is 0 Å². The molecule has 10 heteroatoms. The first kappa shape index (κ1) is 25.5. The molecule has 0 spiro atoms. The van der Waals surface area contributed by atoms with Crippen molar-refractivity contribution >= 4 is 17.5 Å². The second kappa shape index (κ2) is 11.2. The molecule has 0 saturated heterocycles. The van der Waals surface area contributed by atoms with Crippen LogP contribution in [0.15, 0.2) is 24.3 Å². The van der Waals surface area contributed by atoms with Crippen molar-refractivity contribution in [2.24, 2.45) is 0 Å². The fourth-order valence-corrected chi connectivity index (χ4v) is 2.97. The maximum atomic E-state index is 13.2. The highest BCUT2D eigenvalue weighted by Gasteiger charge is 2.28. The van der Waals surface area contributed by atoms with Gasteiger partial charge < -0.3 is 33.5 Å². The molecule has 0 aliphatic carbocycles. The molecule has 10 nitrogen and oxygen atoms in total. The van der Waals surface area contributed by atoms with Crippen molar-refractivity contribution in [2.45, 2.75) is 20.0 Å². The number of aliphatic hydroxyl groups is 1. The van der Waals surface area contributed by atoms with Crippen LogP contribution >= 0.6 is 0 Å². The van der Waals surface area contributed by atoms with E-state index in [1.807, 2.05) is 0 Å². The second-order valence-electron chi connectivity index (χ2n) is 6.72. The highest BCUT2D eigenvalue weighted by molar-refractivity contribution is 6.01. The summed E-state index contributed by atoms with van der Waals surface area (Å²) in [5, 5.41) is 9.90. The minimum absolute atomic E-state index is 0.00803. The Bertz CT molecular complexity index is 994. The molecule has 0 fully saturated rings. The average molecular weight is 462 g/mol. The molecule has 0 aliphatic rings. The lowest BCUT2D eigenvalue weighted by atomic mass is 10.0. The summed E-state index contributed by atoms with van der Waals surface area (Å²) in [6.45, 7) is 1.91. The molecule has 0 heterocycles. The molecule has 178 valence electrons. The van der Waals surface area contributed by atoms with Crippen molar-refractivity contribution in [3.8, 4) is 34.5 Å². The van der Waals surface area contributed by atoms with Gasteiger partial charge in [0.2, 0.25) is 17.3 Å². The first-order valence-corrected chi connectivity index (χ1v) is 9.73. The van der Waals surface area contributed by atoms with Gasteiger partial charge in [0, 0.05) is 18.1 Å². The Morgan fingerprint density at radius 2 is 1.18 bits per heavy atom. The van der Waals surface area contributed by atoms with E-state index in [0.717, 1.165) is 0 Å². The minimum Gasteiger partial charge on any atom is -0.493 e. The Labute approximate surface area is 190 Å². The van der Waals surface area contributed by atoms with Crippen LogP contribution in [-0.2, 0) is 4.79 Å². The van der Waals surface area contributed by atoms with Gasteiger partial charge in [0.05, 0.1) is 35.0 Å². The average Bonchev–Trinajstić information content (AvgIpc) is 2.81. The number of Topliss-reactive ketones (excluding diaryl/α,β-unsaturated/α-hetero) is 2. The zero-order valence-electron chi connectivity index (χ0n) is 19.2. The standard InChI is InChI=1S/C23H26O10/c1-12(25)14-7-16(28-3)23(17(8-14)29-4)33-20(11-24)21(27)15-9-18(30-5)22(32-13(2)26)19(10-15)31-6/h7-10,20,24H,11H2,1-6H3. The van der Waals surface area contributed by atoms with Crippen LogP contribution in [0.5, 0.6) is 34.5 Å². The van der Waals surface area contributed by atoms with E-state index in [2.05, 4.69) is 0 Å². The fourth-order valence-electron chi connectivity index (χ4n) is 2.97. The molecular formula is C23H26O10. The van der Waals surface area contributed by atoms with E-state index in [9.17, 15) is 19.5 Å². The third-order valence-corrected chi connectivity index (χ3v) is 4.58. The lowest BCUT2D eigenvalue weighted by Crippen LogP contribution is -2.31. The Balaban J connectivity index is 2.50. The van der Waals surface area contributed by atoms with Gasteiger partial charge >= 0.3 is 5.97 Å². The molecule has 0 amide bonds.